The molecule has 0 atom stereocenters. The molecule has 0 unspecified atom stereocenters. The molecule has 1 N–H and O–H groups in total. The van der Waals surface area contributed by atoms with Crippen molar-refractivity contribution in [3.63, 3.8) is 0 Å². The lowest BCUT2D eigenvalue weighted by atomic mass is 10.1. The molecule has 0 aliphatic heterocycles. The molecular weight excluding hydrogens is 138 g/mol. The minimum absolute atomic E-state index is 0.322. The molecule has 0 aliphatic carbocycles. The van der Waals surface area contributed by atoms with Gasteiger partial charge in [0.1, 0.15) is 5.54 Å². The predicted molar refractivity (Wildman–Crippen MR) is 38.2 cm³/mol. The van der Waals surface area contributed by atoms with E-state index < -0.39 is 5.54 Å². The Labute approximate surface area is 60.3 Å². The first-order chi connectivity index (χ1) is 4.04. The molecule has 0 aromatic carbocycles. The standard InChI is InChI=1S/C5H11NO2S/c1-5(2,6-9)4(7)8-3/h6,9H,1-3H3. The second-order valence-corrected chi connectivity index (χ2v) is 2.45. The molecule has 0 aromatic rings. The van der Waals surface area contributed by atoms with Crippen LogP contribution in [0.3, 0.4) is 0 Å². The van der Waals surface area contributed by atoms with Gasteiger partial charge in [0.05, 0.1) is 7.11 Å². The van der Waals surface area contributed by atoms with Crippen molar-refractivity contribution in [1.82, 2.24) is 4.72 Å². The van der Waals surface area contributed by atoms with Gasteiger partial charge in [-0.2, -0.15) is 0 Å². The van der Waals surface area contributed by atoms with Crippen LogP contribution in [0.4, 0.5) is 0 Å². The molecule has 0 bridgehead atoms. The van der Waals surface area contributed by atoms with Gasteiger partial charge in [-0.15, -0.1) is 0 Å². The van der Waals surface area contributed by atoms with Gasteiger partial charge in [0.25, 0.3) is 0 Å². The van der Waals surface area contributed by atoms with Crippen LogP contribution in [0, 0.1) is 0 Å². The quantitative estimate of drug-likeness (QED) is 0.440. The van der Waals surface area contributed by atoms with E-state index in [2.05, 4.69) is 22.3 Å². The Morgan fingerprint density at radius 2 is 2.11 bits per heavy atom. The van der Waals surface area contributed by atoms with Crippen molar-refractivity contribution in [2.24, 2.45) is 0 Å². The zero-order valence-corrected chi connectivity index (χ0v) is 6.66. The van der Waals surface area contributed by atoms with Gasteiger partial charge in [-0.3, -0.25) is 9.52 Å². The Hall–Kier alpha value is -0.220. The van der Waals surface area contributed by atoms with Gasteiger partial charge >= 0.3 is 5.97 Å². The van der Waals surface area contributed by atoms with E-state index in [0.29, 0.717) is 0 Å². The summed E-state index contributed by atoms with van der Waals surface area (Å²) in [4.78, 5) is 10.7. The van der Waals surface area contributed by atoms with Gasteiger partial charge < -0.3 is 4.74 Å². The number of nitrogens with one attached hydrogen (secondary N) is 1. The second kappa shape index (κ2) is 3.08. The summed E-state index contributed by atoms with van der Waals surface area (Å²) in [6.07, 6.45) is 0. The molecule has 9 heavy (non-hydrogen) atoms. The number of hydrogen-bond acceptors (Lipinski definition) is 4. The van der Waals surface area contributed by atoms with Crippen molar-refractivity contribution in [3.8, 4) is 0 Å². The van der Waals surface area contributed by atoms with Crippen molar-refractivity contribution in [1.29, 1.82) is 0 Å². The lowest BCUT2D eigenvalue weighted by molar-refractivity contribution is -0.146. The third-order valence-corrected chi connectivity index (χ3v) is 1.53. The molecule has 0 rings (SSSR count). The van der Waals surface area contributed by atoms with E-state index in [4.69, 9.17) is 0 Å². The third-order valence-electron chi connectivity index (χ3n) is 0.975. The summed E-state index contributed by atoms with van der Waals surface area (Å²) in [5.41, 5.74) is -0.697. The Morgan fingerprint density at radius 3 is 2.22 bits per heavy atom. The van der Waals surface area contributed by atoms with E-state index >= 15 is 0 Å². The molecule has 0 fully saturated rings. The van der Waals surface area contributed by atoms with Gasteiger partial charge in [0, 0.05) is 0 Å². The number of carbonyl (C=O) groups excluding carboxylic acids is 1. The van der Waals surface area contributed by atoms with E-state index in [1.165, 1.54) is 7.11 Å². The van der Waals surface area contributed by atoms with Crippen LogP contribution in [-0.2, 0) is 9.53 Å². The number of hydrogen-bond donors (Lipinski definition) is 2. The molecule has 3 nitrogen and oxygen atoms in total. The monoisotopic (exact) mass is 149 g/mol. The number of esters is 1. The fourth-order valence-corrected chi connectivity index (χ4v) is 0.392. The maximum absolute atomic E-state index is 10.7. The Morgan fingerprint density at radius 1 is 1.67 bits per heavy atom. The minimum Gasteiger partial charge on any atom is -0.468 e. The minimum atomic E-state index is -0.697. The van der Waals surface area contributed by atoms with Crippen LogP contribution in [-0.4, -0.2) is 18.6 Å². The van der Waals surface area contributed by atoms with E-state index in [9.17, 15) is 4.79 Å². The Bertz CT molecular complexity index is 114. The van der Waals surface area contributed by atoms with Crippen LogP contribution in [0.2, 0.25) is 0 Å². The highest BCUT2D eigenvalue weighted by molar-refractivity contribution is 7.78. The SMILES string of the molecule is COC(=O)C(C)(C)NS. The van der Waals surface area contributed by atoms with E-state index in [-0.39, 0.29) is 5.97 Å². The van der Waals surface area contributed by atoms with E-state index in [1.54, 1.807) is 13.8 Å². The van der Waals surface area contributed by atoms with Gasteiger partial charge in [0.2, 0.25) is 0 Å². The highest BCUT2D eigenvalue weighted by atomic mass is 32.1. The number of carbonyl (C=O) groups is 1. The molecule has 0 amide bonds. The summed E-state index contributed by atoms with van der Waals surface area (Å²) < 4.78 is 6.97. The zero-order chi connectivity index (χ0) is 7.49. The summed E-state index contributed by atoms with van der Waals surface area (Å²) in [7, 11) is 1.34. The summed E-state index contributed by atoms with van der Waals surface area (Å²) in [5.74, 6) is -0.322. The van der Waals surface area contributed by atoms with Gasteiger partial charge in [-0.25, -0.2) is 0 Å². The molecule has 0 spiro atoms. The fraction of sp³-hybridized carbons (Fsp3) is 0.800. The van der Waals surface area contributed by atoms with Crippen LogP contribution in [0.25, 0.3) is 0 Å². The number of methoxy groups -OCH3 is 1. The molecular formula is C5H11NO2S. The van der Waals surface area contributed by atoms with Crippen molar-refractivity contribution in [2.75, 3.05) is 7.11 Å². The Kier molecular flexibility index (Phi) is 3.00. The molecule has 0 aromatic heterocycles. The molecule has 0 saturated carbocycles. The van der Waals surface area contributed by atoms with Crippen molar-refractivity contribution in [3.05, 3.63) is 0 Å². The van der Waals surface area contributed by atoms with Crippen LogP contribution in [0.5, 0.6) is 0 Å². The van der Waals surface area contributed by atoms with Crippen LogP contribution in [0.15, 0.2) is 0 Å². The van der Waals surface area contributed by atoms with E-state index in [0.717, 1.165) is 0 Å². The fourth-order valence-electron chi connectivity index (χ4n) is 0.301. The first kappa shape index (κ1) is 8.78. The normalized spacial score (nSPS) is 11.1. The summed E-state index contributed by atoms with van der Waals surface area (Å²) in [6.45, 7) is 3.37. The first-order valence-corrected chi connectivity index (χ1v) is 2.99. The molecule has 0 aliphatic rings. The molecule has 0 heterocycles. The van der Waals surface area contributed by atoms with Crippen LogP contribution < -0.4 is 4.72 Å². The van der Waals surface area contributed by atoms with Gasteiger partial charge in [-0.05, 0) is 13.8 Å². The van der Waals surface area contributed by atoms with Gasteiger partial charge in [-0.1, -0.05) is 12.8 Å². The molecule has 4 heteroatoms. The number of ether oxygens (including phenoxy) is 1. The number of thiol groups is 1. The van der Waals surface area contributed by atoms with Crippen LogP contribution in [0.1, 0.15) is 13.8 Å². The highest BCUT2D eigenvalue weighted by Gasteiger charge is 2.26. The smallest absolute Gasteiger partial charge is 0.326 e. The topological polar surface area (TPSA) is 38.3 Å². The summed E-state index contributed by atoms with van der Waals surface area (Å²) in [5, 5.41) is 0. The summed E-state index contributed by atoms with van der Waals surface area (Å²) >= 11 is 3.74. The largest absolute Gasteiger partial charge is 0.468 e. The first-order valence-electron chi connectivity index (χ1n) is 2.54. The van der Waals surface area contributed by atoms with Crippen molar-refractivity contribution in [2.45, 2.75) is 19.4 Å². The lowest BCUT2D eigenvalue weighted by Gasteiger charge is -2.18. The third kappa shape index (κ3) is 2.24. The van der Waals surface area contributed by atoms with E-state index in [1.807, 2.05) is 0 Å². The maximum Gasteiger partial charge on any atom is 0.326 e. The van der Waals surface area contributed by atoms with Crippen molar-refractivity contribution < 1.29 is 9.53 Å². The average Bonchev–Trinajstić information content (AvgIpc) is 1.86. The maximum atomic E-state index is 10.7. The molecule has 0 radical (unpaired) electrons. The van der Waals surface area contributed by atoms with Crippen LogP contribution >= 0.6 is 12.8 Å². The number of rotatable bonds is 2. The molecule has 54 valence electrons. The molecule has 0 saturated heterocycles. The predicted octanol–water partition coefficient (Wildman–Crippen LogP) is 0.372. The summed E-state index contributed by atoms with van der Waals surface area (Å²) in [6, 6.07) is 0. The lowest BCUT2D eigenvalue weighted by Crippen LogP contribution is -2.42. The highest BCUT2D eigenvalue weighted by Crippen LogP contribution is 2.03. The average molecular weight is 149 g/mol. The second-order valence-electron chi connectivity index (χ2n) is 2.23. The van der Waals surface area contributed by atoms with Gasteiger partial charge in [0.15, 0.2) is 0 Å². The van der Waals surface area contributed by atoms with Crippen molar-refractivity contribution >= 4 is 18.8 Å². The zero-order valence-electron chi connectivity index (χ0n) is 5.76. The Balaban J connectivity index is 3.97.